The minimum absolute atomic E-state index is 0. The first kappa shape index (κ1) is 22.9. The molecule has 1 aromatic rings. The average molecular weight is 495 g/mol. The van der Waals surface area contributed by atoms with Crippen LogP contribution in [-0.4, -0.2) is 57.5 Å². The fourth-order valence-electron chi connectivity index (χ4n) is 2.73. The van der Waals surface area contributed by atoms with E-state index in [-0.39, 0.29) is 35.8 Å². The molecule has 0 aliphatic carbocycles. The van der Waals surface area contributed by atoms with Crippen molar-refractivity contribution in [2.75, 3.05) is 37.0 Å². The summed E-state index contributed by atoms with van der Waals surface area (Å²) in [5.74, 6) is 1.86. The molecule has 2 N–H and O–H groups in total. The lowest BCUT2D eigenvalue weighted by Crippen LogP contribution is -2.42. The Hall–Kier alpha value is -1.10. The summed E-state index contributed by atoms with van der Waals surface area (Å²) < 4.78 is 22.5. The quantitative estimate of drug-likeness (QED) is 0.341. The van der Waals surface area contributed by atoms with Gasteiger partial charge in [0.2, 0.25) is 0 Å². The molecule has 1 aliphatic heterocycles. The Labute approximate surface area is 174 Å². The van der Waals surface area contributed by atoms with E-state index in [9.17, 15) is 8.42 Å². The van der Waals surface area contributed by atoms with Crippen LogP contribution in [-0.2, 0) is 16.4 Å². The van der Waals surface area contributed by atoms with Gasteiger partial charge in [-0.25, -0.2) is 13.4 Å². The van der Waals surface area contributed by atoms with E-state index in [0.29, 0.717) is 18.9 Å². The van der Waals surface area contributed by atoms with Gasteiger partial charge in [-0.05, 0) is 37.8 Å². The van der Waals surface area contributed by atoms with Gasteiger partial charge in [0.05, 0.1) is 5.75 Å². The first-order valence-electron chi connectivity index (χ1n) is 8.72. The number of nitrogens with one attached hydrogen (secondary N) is 2. The molecule has 0 aromatic carbocycles. The van der Waals surface area contributed by atoms with E-state index >= 15 is 0 Å². The van der Waals surface area contributed by atoms with Crippen LogP contribution in [0.4, 0.5) is 5.82 Å². The molecule has 0 radical (unpaired) electrons. The molecular weight excluding hydrogens is 465 g/mol. The molecule has 0 bridgehead atoms. The summed E-state index contributed by atoms with van der Waals surface area (Å²) in [7, 11) is -1.24. The molecule has 2 heterocycles. The zero-order valence-electron chi connectivity index (χ0n) is 15.7. The van der Waals surface area contributed by atoms with E-state index in [4.69, 9.17) is 0 Å². The third-order valence-electron chi connectivity index (χ3n) is 4.23. The number of sulfone groups is 1. The van der Waals surface area contributed by atoms with Crippen LogP contribution < -0.4 is 15.5 Å². The van der Waals surface area contributed by atoms with Crippen molar-refractivity contribution in [2.24, 2.45) is 4.99 Å². The Bertz CT molecular complexity index is 673. The van der Waals surface area contributed by atoms with Gasteiger partial charge in [0, 0.05) is 45.2 Å². The fourth-order valence-corrected chi connectivity index (χ4v) is 3.51. The van der Waals surface area contributed by atoms with Crippen LogP contribution in [0.15, 0.2) is 23.3 Å². The van der Waals surface area contributed by atoms with Crippen LogP contribution in [0.1, 0.15) is 31.7 Å². The van der Waals surface area contributed by atoms with Gasteiger partial charge in [-0.2, -0.15) is 0 Å². The number of hydrogen-bond acceptors (Lipinski definition) is 5. The Morgan fingerprint density at radius 3 is 2.58 bits per heavy atom. The van der Waals surface area contributed by atoms with Crippen molar-refractivity contribution >= 4 is 45.6 Å². The highest BCUT2D eigenvalue weighted by Gasteiger charge is 2.13. The number of aliphatic imine (C=N–C) groups is 1. The average Bonchev–Trinajstić information content (AvgIpc) is 3.11. The Morgan fingerprint density at radius 2 is 2.04 bits per heavy atom. The van der Waals surface area contributed by atoms with Crippen LogP contribution in [0.5, 0.6) is 0 Å². The molecule has 1 saturated heterocycles. The summed E-state index contributed by atoms with van der Waals surface area (Å²) in [5.41, 5.74) is 1.08. The summed E-state index contributed by atoms with van der Waals surface area (Å²) >= 11 is 0. The smallest absolute Gasteiger partial charge is 0.191 e. The van der Waals surface area contributed by atoms with Gasteiger partial charge in [0.15, 0.2) is 5.96 Å². The number of nitrogens with zero attached hydrogens (tertiary/aromatic N) is 3. The van der Waals surface area contributed by atoms with Gasteiger partial charge < -0.3 is 15.5 Å². The van der Waals surface area contributed by atoms with Crippen LogP contribution in [0.2, 0.25) is 0 Å². The van der Waals surface area contributed by atoms with E-state index < -0.39 is 9.84 Å². The molecule has 26 heavy (non-hydrogen) atoms. The van der Waals surface area contributed by atoms with Crippen LogP contribution >= 0.6 is 24.0 Å². The molecule has 1 atom stereocenters. The molecule has 1 aliphatic rings. The van der Waals surface area contributed by atoms with Crippen LogP contribution in [0.3, 0.4) is 0 Å². The highest BCUT2D eigenvalue weighted by molar-refractivity contribution is 14.0. The minimum atomic E-state index is -2.94. The van der Waals surface area contributed by atoms with Crippen molar-refractivity contribution in [3.05, 3.63) is 23.9 Å². The Kier molecular flexibility index (Phi) is 9.62. The van der Waals surface area contributed by atoms with Crippen LogP contribution in [0, 0.1) is 0 Å². The summed E-state index contributed by atoms with van der Waals surface area (Å²) in [6, 6.07) is 4.16. The lowest BCUT2D eigenvalue weighted by atomic mass is 10.2. The van der Waals surface area contributed by atoms with Crippen molar-refractivity contribution in [1.82, 2.24) is 15.6 Å². The number of anilines is 1. The molecule has 148 valence electrons. The maximum Gasteiger partial charge on any atom is 0.191 e. The zero-order valence-corrected chi connectivity index (χ0v) is 18.9. The second-order valence-electron chi connectivity index (χ2n) is 6.61. The fraction of sp³-hybridized carbons (Fsp3) is 0.647. The lowest BCUT2D eigenvalue weighted by molar-refractivity contribution is 0.581. The molecule has 0 amide bonds. The summed E-state index contributed by atoms with van der Waals surface area (Å²) in [6.45, 7) is 4.75. The standard InChI is InChI=1S/C17H29N5O2S.HI/c1-14(8-11-25(3,23)24)21-17(18-2)20-13-15-6-7-16(19-12-15)22-9-4-5-10-22;/h6-7,12,14H,4-5,8-11,13H2,1-3H3,(H2,18,20,21);1H. The van der Waals surface area contributed by atoms with E-state index in [2.05, 4.69) is 37.6 Å². The molecule has 2 rings (SSSR count). The lowest BCUT2D eigenvalue weighted by Gasteiger charge is -2.18. The molecule has 9 heteroatoms. The highest BCUT2D eigenvalue weighted by Crippen LogP contribution is 2.17. The largest absolute Gasteiger partial charge is 0.357 e. The van der Waals surface area contributed by atoms with Gasteiger partial charge in [0.1, 0.15) is 15.7 Å². The first-order valence-corrected chi connectivity index (χ1v) is 10.8. The summed E-state index contributed by atoms with van der Waals surface area (Å²) in [6.07, 6.45) is 6.17. The maximum atomic E-state index is 11.2. The topological polar surface area (TPSA) is 86.7 Å². The predicted octanol–water partition coefficient (Wildman–Crippen LogP) is 1.79. The maximum absolute atomic E-state index is 11.2. The van der Waals surface area contributed by atoms with E-state index in [1.54, 1.807) is 7.05 Å². The van der Waals surface area contributed by atoms with Crippen LogP contribution in [0.25, 0.3) is 0 Å². The molecule has 0 spiro atoms. The normalized spacial score (nSPS) is 16.1. The first-order chi connectivity index (χ1) is 11.9. The third kappa shape index (κ3) is 8.07. The Balaban J connectivity index is 0.00000338. The molecule has 1 fully saturated rings. The van der Waals surface area contributed by atoms with Gasteiger partial charge in [-0.1, -0.05) is 6.07 Å². The number of guanidine groups is 1. The summed E-state index contributed by atoms with van der Waals surface area (Å²) in [5, 5.41) is 6.45. The van der Waals surface area contributed by atoms with Gasteiger partial charge in [0.25, 0.3) is 0 Å². The van der Waals surface area contributed by atoms with Crippen molar-refractivity contribution in [1.29, 1.82) is 0 Å². The van der Waals surface area contributed by atoms with Crippen molar-refractivity contribution < 1.29 is 8.42 Å². The van der Waals surface area contributed by atoms with Gasteiger partial charge in [-0.15, -0.1) is 24.0 Å². The van der Waals surface area contributed by atoms with Crippen molar-refractivity contribution in [3.8, 4) is 0 Å². The number of rotatable bonds is 7. The molecular formula is C17H30IN5O2S. The minimum Gasteiger partial charge on any atom is -0.357 e. The van der Waals surface area contributed by atoms with Crippen molar-refractivity contribution in [3.63, 3.8) is 0 Å². The second kappa shape index (κ2) is 10.9. The SMILES string of the molecule is CN=C(NCc1ccc(N2CCCC2)nc1)NC(C)CCS(C)(=O)=O.I. The van der Waals surface area contributed by atoms with E-state index in [1.807, 2.05) is 13.1 Å². The van der Waals surface area contributed by atoms with Crippen molar-refractivity contribution in [2.45, 2.75) is 38.8 Å². The summed E-state index contributed by atoms with van der Waals surface area (Å²) in [4.78, 5) is 11.0. The third-order valence-corrected chi connectivity index (χ3v) is 5.20. The number of halogens is 1. The zero-order chi connectivity index (χ0) is 18.3. The Morgan fingerprint density at radius 1 is 1.35 bits per heavy atom. The van der Waals surface area contributed by atoms with E-state index in [1.165, 1.54) is 19.1 Å². The number of pyridine rings is 1. The van der Waals surface area contributed by atoms with Gasteiger partial charge >= 0.3 is 0 Å². The number of aromatic nitrogens is 1. The molecule has 1 aromatic heterocycles. The highest BCUT2D eigenvalue weighted by atomic mass is 127. The monoisotopic (exact) mass is 495 g/mol. The molecule has 1 unspecified atom stereocenters. The van der Waals surface area contributed by atoms with E-state index in [0.717, 1.165) is 24.5 Å². The second-order valence-corrected chi connectivity index (χ2v) is 8.87. The molecule has 0 saturated carbocycles. The number of hydrogen-bond donors (Lipinski definition) is 2. The molecule has 7 nitrogen and oxygen atoms in total. The van der Waals surface area contributed by atoms with Gasteiger partial charge in [-0.3, -0.25) is 4.99 Å². The predicted molar refractivity (Wildman–Crippen MR) is 118 cm³/mol.